The summed E-state index contributed by atoms with van der Waals surface area (Å²) in [5.41, 5.74) is -0.0334. The summed E-state index contributed by atoms with van der Waals surface area (Å²) in [6.45, 7) is 8.94. The van der Waals surface area contributed by atoms with E-state index in [1.54, 1.807) is 35.7 Å². The van der Waals surface area contributed by atoms with Crippen LogP contribution in [0.4, 0.5) is 0 Å². The first-order chi connectivity index (χ1) is 12.1. The molecule has 0 saturated carbocycles. The first kappa shape index (κ1) is 19.8. The predicted octanol–water partition coefficient (Wildman–Crippen LogP) is 1.79. The maximum atomic E-state index is 13.0. The summed E-state index contributed by atoms with van der Waals surface area (Å²) in [6, 6.07) is 6.73. The summed E-state index contributed by atoms with van der Waals surface area (Å²) < 4.78 is 44.7. The fourth-order valence-corrected chi connectivity index (χ4v) is 5.08. The maximum Gasteiger partial charge on any atom is 0.494 e. The fourth-order valence-electron chi connectivity index (χ4n) is 3.40. The summed E-state index contributed by atoms with van der Waals surface area (Å²) >= 11 is 0. The van der Waals surface area contributed by atoms with Gasteiger partial charge in [0.25, 0.3) is 0 Å². The predicted molar refractivity (Wildman–Crippen MR) is 101 cm³/mol. The van der Waals surface area contributed by atoms with E-state index >= 15 is 0 Å². The van der Waals surface area contributed by atoms with Crippen LogP contribution in [0.5, 0.6) is 0 Å². The standard InChI is InChI=1S/C18H28BNO5S/c1-17(2)18(3,4)25-19(24-17)14-8-10-16(11-9-14)26(21,22)20-12-6-7-15(20)13-23-5/h8-11,15H,6-7,12-13H2,1-5H3/t15-/m0/s1. The second-order valence-electron chi connectivity index (χ2n) is 8.02. The molecular weight excluding hydrogens is 353 g/mol. The summed E-state index contributed by atoms with van der Waals surface area (Å²) in [4.78, 5) is 0.292. The molecule has 2 saturated heterocycles. The van der Waals surface area contributed by atoms with Gasteiger partial charge in [-0.05, 0) is 58.1 Å². The Labute approximate surface area is 157 Å². The molecule has 8 heteroatoms. The van der Waals surface area contributed by atoms with E-state index in [9.17, 15) is 8.42 Å². The van der Waals surface area contributed by atoms with Gasteiger partial charge >= 0.3 is 7.12 Å². The van der Waals surface area contributed by atoms with Gasteiger partial charge in [-0.15, -0.1) is 0 Å². The molecule has 0 radical (unpaired) electrons. The molecule has 0 aromatic heterocycles. The topological polar surface area (TPSA) is 65.1 Å². The van der Waals surface area contributed by atoms with Crippen molar-refractivity contribution in [3.05, 3.63) is 24.3 Å². The maximum absolute atomic E-state index is 13.0. The van der Waals surface area contributed by atoms with Crippen LogP contribution >= 0.6 is 0 Å². The molecule has 2 aliphatic heterocycles. The zero-order valence-corrected chi connectivity index (χ0v) is 17.0. The Balaban J connectivity index is 1.80. The Morgan fingerprint density at radius 1 is 1.15 bits per heavy atom. The molecule has 1 atom stereocenters. The number of sulfonamides is 1. The van der Waals surface area contributed by atoms with E-state index in [0.717, 1.165) is 18.3 Å². The molecule has 0 unspecified atom stereocenters. The largest absolute Gasteiger partial charge is 0.494 e. The first-order valence-electron chi connectivity index (χ1n) is 9.05. The molecule has 2 aliphatic rings. The van der Waals surface area contributed by atoms with Gasteiger partial charge in [-0.2, -0.15) is 4.31 Å². The number of methoxy groups -OCH3 is 1. The van der Waals surface area contributed by atoms with Gasteiger partial charge in [-0.25, -0.2) is 8.42 Å². The number of hydrogen-bond acceptors (Lipinski definition) is 5. The van der Waals surface area contributed by atoms with E-state index in [-0.39, 0.29) is 6.04 Å². The first-order valence-corrected chi connectivity index (χ1v) is 10.5. The van der Waals surface area contributed by atoms with Crippen molar-refractivity contribution in [2.75, 3.05) is 20.3 Å². The van der Waals surface area contributed by atoms with Gasteiger partial charge in [0.15, 0.2) is 0 Å². The Bertz CT molecular complexity index is 731. The minimum absolute atomic E-state index is 0.0900. The Morgan fingerprint density at radius 3 is 2.27 bits per heavy atom. The van der Waals surface area contributed by atoms with Crippen LogP contribution in [0.25, 0.3) is 0 Å². The smallest absolute Gasteiger partial charge is 0.399 e. The average molecular weight is 381 g/mol. The van der Waals surface area contributed by atoms with Gasteiger partial charge < -0.3 is 14.0 Å². The molecule has 0 spiro atoms. The highest BCUT2D eigenvalue weighted by atomic mass is 32.2. The Hall–Kier alpha value is -0.925. The van der Waals surface area contributed by atoms with Crippen molar-refractivity contribution in [1.29, 1.82) is 0 Å². The van der Waals surface area contributed by atoms with Crippen LogP contribution in [-0.2, 0) is 24.1 Å². The highest BCUT2D eigenvalue weighted by Crippen LogP contribution is 2.36. The van der Waals surface area contributed by atoms with E-state index in [1.165, 1.54) is 0 Å². The highest BCUT2D eigenvalue weighted by molar-refractivity contribution is 7.89. The average Bonchev–Trinajstić information content (AvgIpc) is 3.11. The van der Waals surface area contributed by atoms with Gasteiger partial charge in [-0.3, -0.25) is 0 Å². The molecule has 2 fully saturated rings. The number of hydrogen-bond donors (Lipinski definition) is 0. The summed E-state index contributed by atoms with van der Waals surface area (Å²) in [7, 11) is -2.42. The van der Waals surface area contributed by atoms with E-state index < -0.39 is 28.3 Å². The zero-order valence-electron chi connectivity index (χ0n) is 16.2. The van der Waals surface area contributed by atoms with E-state index in [0.29, 0.717) is 18.0 Å². The number of nitrogens with zero attached hydrogens (tertiary/aromatic N) is 1. The number of rotatable bonds is 5. The SMILES string of the molecule is COC[C@@H]1CCCN1S(=O)(=O)c1ccc(B2OC(C)(C)C(C)(C)O2)cc1. The minimum atomic E-state index is -3.52. The molecule has 6 nitrogen and oxygen atoms in total. The van der Waals surface area contributed by atoms with Crippen LogP contribution in [-0.4, -0.2) is 57.3 Å². The van der Waals surface area contributed by atoms with Crippen LogP contribution in [0.1, 0.15) is 40.5 Å². The van der Waals surface area contributed by atoms with Crippen molar-refractivity contribution in [2.24, 2.45) is 0 Å². The molecule has 26 heavy (non-hydrogen) atoms. The molecule has 0 amide bonds. The fraction of sp³-hybridized carbons (Fsp3) is 0.667. The third-order valence-corrected chi connectivity index (χ3v) is 7.66. The van der Waals surface area contributed by atoms with E-state index in [4.69, 9.17) is 14.0 Å². The lowest BCUT2D eigenvalue weighted by atomic mass is 9.79. The molecule has 1 aromatic rings. The van der Waals surface area contributed by atoms with Crippen LogP contribution in [0.2, 0.25) is 0 Å². The summed E-state index contributed by atoms with van der Waals surface area (Å²) in [6.07, 6.45) is 1.69. The van der Waals surface area contributed by atoms with Crippen molar-refractivity contribution in [2.45, 2.75) is 62.7 Å². The van der Waals surface area contributed by atoms with E-state index in [1.807, 2.05) is 27.7 Å². The quantitative estimate of drug-likeness (QED) is 0.728. The van der Waals surface area contributed by atoms with Crippen molar-refractivity contribution in [1.82, 2.24) is 4.31 Å². The molecule has 0 bridgehead atoms. The molecule has 1 aromatic carbocycles. The van der Waals surface area contributed by atoms with Gasteiger partial charge in [-0.1, -0.05) is 12.1 Å². The van der Waals surface area contributed by atoms with Crippen LogP contribution in [0.15, 0.2) is 29.2 Å². The lowest BCUT2D eigenvalue weighted by Crippen LogP contribution is -2.41. The number of ether oxygens (including phenoxy) is 1. The Morgan fingerprint density at radius 2 is 1.73 bits per heavy atom. The number of benzene rings is 1. The highest BCUT2D eigenvalue weighted by Gasteiger charge is 2.51. The van der Waals surface area contributed by atoms with Gasteiger partial charge in [0.1, 0.15) is 0 Å². The summed E-state index contributed by atoms with van der Waals surface area (Å²) in [5, 5.41) is 0. The monoisotopic (exact) mass is 381 g/mol. The van der Waals surface area contributed by atoms with Gasteiger partial charge in [0.05, 0.1) is 22.7 Å². The third kappa shape index (κ3) is 3.45. The van der Waals surface area contributed by atoms with Crippen molar-refractivity contribution in [3.8, 4) is 0 Å². The Kier molecular flexibility index (Phi) is 5.27. The van der Waals surface area contributed by atoms with Crippen LogP contribution in [0.3, 0.4) is 0 Å². The lowest BCUT2D eigenvalue weighted by Gasteiger charge is -2.32. The van der Waals surface area contributed by atoms with Crippen LogP contribution < -0.4 is 5.46 Å². The molecule has 3 rings (SSSR count). The zero-order chi connectivity index (χ0) is 19.2. The normalized spacial score (nSPS) is 25.7. The minimum Gasteiger partial charge on any atom is -0.399 e. The second-order valence-corrected chi connectivity index (χ2v) is 9.91. The molecule has 2 heterocycles. The van der Waals surface area contributed by atoms with Gasteiger partial charge in [0, 0.05) is 19.7 Å². The van der Waals surface area contributed by atoms with Crippen LogP contribution in [0, 0.1) is 0 Å². The second kappa shape index (κ2) is 6.91. The van der Waals surface area contributed by atoms with Crippen molar-refractivity contribution in [3.63, 3.8) is 0 Å². The van der Waals surface area contributed by atoms with E-state index in [2.05, 4.69) is 0 Å². The third-order valence-electron chi connectivity index (χ3n) is 5.69. The lowest BCUT2D eigenvalue weighted by molar-refractivity contribution is 0.00578. The van der Waals surface area contributed by atoms with Crippen molar-refractivity contribution < 1.29 is 22.5 Å². The molecule has 144 valence electrons. The van der Waals surface area contributed by atoms with Crippen molar-refractivity contribution >= 4 is 22.6 Å². The van der Waals surface area contributed by atoms with Gasteiger partial charge in [0.2, 0.25) is 10.0 Å². The molecular formula is C18H28BNO5S. The summed E-state index contributed by atoms with van der Waals surface area (Å²) in [5.74, 6) is 0. The molecule has 0 N–H and O–H groups in total. The molecule has 0 aliphatic carbocycles.